The number of anilines is 1. The Hall–Kier alpha value is -3.52. The van der Waals surface area contributed by atoms with Crippen molar-refractivity contribution in [3.63, 3.8) is 0 Å². The van der Waals surface area contributed by atoms with Crippen molar-refractivity contribution in [2.45, 2.75) is 6.42 Å². The topological polar surface area (TPSA) is 107 Å². The van der Waals surface area contributed by atoms with E-state index in [-0.39, 0.29) is 5.69 Å². The summed E-state index contributed by atoms with van der Waals surface area (Å²) in [6, 6.07) is 13.7. The number of hydrogen-bond donors (Lipinski definition) is 1. The monoisotopic (exact) mass is 395 g/mol. The fraction of sp³-hybridized carbons (Fsp3) is 0.105. The van der Waals surface area contributed by atoms with E-state index in [1.54, 1.807) is 36.5 Å². The van der Waals surface area contributed by atoms with E-state index in [4.69, 9.17) is 16.1 Å². The minimum Gasteiger partial charge on any atom is -0.383 e. The molecule has 0 saturated carbocycles. The summed E-state index contributed by atoms with van der Waals surface area (Å²) in [5.41, 5.74) is 2.10. The maximum absolute atomic E-state index is 11.2. The minimum atomic E-state index is -0.412. The number of nitro groups is 1. The number of nitrogens with zero attached hydrogens (tertiary/aromatic N) is 4. The summed E-state index contributed by atoms with van der Waals surface area (Å²) in [7, 11) is 0. The Morgan fingerprint density at radius 2 is 1.96 bits per heavy atom. The van der Waals surface area contributed by atoms with Crippen molar-refractivity contribution in [3.05, 3.63) is 75.8 Å². The first-order chi connectivity index (χ1) is 13.6. The van der Waals surface area contributed by atoms with Gasteiger partial charge in [0.05, 0.1) is 16.0 Å². The third-order valence-corrected chi connectivity index (χ3v) is 4.42. The van der Waals surface area contributed by atoms with E-state index in [0.29, 0.717) is 46.3 Å². The van der Waals surface area contributed by atoms with Gasteiger partial charge in [0, 0.05) is 35.8 Å². The van der Waals surface area contributed by atoms with Crippen molar-refractivity contribution in [3.8, 4) is 11.4 Å². The second-order valence-corrected chi connectivity index (χ2v) is 6.42. The average molecular weight is 396 g/mol. The van der Waals surface area contributed by atoms with Gasteiger partial charge in [0.1, 0.15) is 5.52 Å². The molecule has 8 nitrogen and oxygen atoms in total. The summed E-state index contributed by atoms with van der Waals surface area (Å²) >= 11 is 5.88. The molecule has 9 heteroatoms. The standard InChI is InChI=1S/C19H14ClN5O3/c20-13-5-3-12(4-6-13)19-23-17(28-24-19)9-11-21-15-7-8-16(25(26)27)14-2-1-10-22-18(14)15/h1-8,10,21H,9,11H2. The zero-order valence-corrected chi connectivity index (χ0v) is 15.3. The van der Waals surface area contributed by atoms with E-state index < -0.39 is 4.92 Å². The van der Waals surface area contributed by atoms with Crippen molar-refractivity contribution in [2.24, 2.45) is 0 Å². The molecule has 4 aromatic rings. The number of pyridine rings is 1. The summed E-state index contributed by atoms with van der Waals surface area (Å²) in [6.07, 6.45) is 2.10. The van der Waals surface area contributed by atoms with Crippen LogP contribution in [0.25, 0.3) is 22.3 Å². The molecule has 0 amide bonds. The van der Waals surface area contributed by atoms with Crippen LogP contribution in [0.15, 0.2) is 59.3 Å². The summed E-state index contributed by atoms with van der Waals surface area (Å²) in [5, 5.41) is 19.5. The Balaban J connectivity index is 1.47. The van der Waals surface area contributed by atoms with Crippen LogP contribution in [-0.4, -0.2) is 26.6 Å². The molecule has 0 fully saturated rings. The van der Waals surface area contributed by atoms with E-state index in [1.165, 1.54) is 6.07 Å². The number of non-ortho nitro benzene ring substituents is 1. The lowest BCUT2D eigenvalue weighted by molar-refractivity contribution is -0.383. The van der Waals surface area contributed by atoms with Crippen molar-refractivity contribution in [1.29, 1.82) is 0 Å². The third-order valence-electron chi connectivity index (χ3n) is 4.17. The normalized spacial score (nSPS) is 10.9. The largest absolute Gasteiger partial charge is 0.383 e. The van der Waals surface area contributed by atoms with Crippen LogP contribution in [0, 0.1) is 10.1 Å². The Morgan fingerprint density at radius 3 is 2.75 bits per heavy atom. The molecule has 2 aromatic heterocycles. The molecule has 2 aromatic carbocycles. The van der Waals surface area contributed by atoms with Gasteiger partial charge in [-0.25, -0.2) is 0 Å². The maximum atomic E-state index is 11.2. The number of rotatable bonds is 6. The van der Waals surface area contributed by atoms with Gasteiger partial charge in [-0.1, -0.05) is 16.8 Å². The maximum Gasteiger partial charge on any atom is 0.278 e. The molecule has 4 rings (SSSR count). The van der Waals surface area contributed by atoms with Crippen LogP contribution in [0.4, 0.5) is 11.4 Å². The molecule has 0 spiro atoms. The zero-order valence-electron chi connectivity index (χ0n) is 14.5. The second kappa shape index (κ2) is 7.61. The minimum absolute atomic E-state index is 0.0261. The number of nitrogens with one attached hydrogen (secondary N) is 1. The van der Waals surface area contributed by atoms with Gasteiger partial charge in [-0.15, -0.1) is 0 Å². The number of nitro benzene ring substituents is 1. The Labute approximate surface area is 164 Å². The second-order valence-electron chi connectivity index (χ2n) is 5.98. The van der Waals surface area contributed by atoms with Crippen molar-refractivity contribution in [2.75, 3.05) is 11.9 Å². The van der Waals surface area contributed by atoms with Crippen molar-refractivity contribution >= 4 is 33.9 Å². The highest BCUT2D eigenvalue weighted by Gasteiger charge is 2.15. The molecule has 140 valence electrons. The Morgan fingerprint density at radius 1 is 1.14 bits per heavy atom. The summed E-state index contributed by atoms with van der Waals surface area (Å²) in [5.74, 6) is 0.978. The first-order valence-electron chi connectivity index (χ1n) is 8.46. The molecule has 1 N–H and O–H groups in total. The van der Waals surface area contributed by atoms with Crippen LogP contribution in [0.3, 0.4) is 0 Å². The first kappa shape index (κ1) is 17.9. The molecule has 0 aliphatic heterocycles. The molecule has 0 unspecified atom stereocenters. The van der Waals surface area contributed by atoms with Gasteiger partial charge >= 0.3 is 0 Å². The smallest absolute Gasteiger partial charge is 0.278 e. The molecule has 0 aliphatic rings. The molecule has 2 heterocycles. The predicted octanol–water partition coefficient (Wildman–Crippen LogP) is 4.50. The van der Waals surface area contributed by atoms with Crippen LogP contribution in [0.1, 0.15) is 5.89 Å². The fourth-order valence-electron chi connectivity index (χ4n) is 2.84. The fourth-order valence-corrected chi connectivity index (χ4v) is 2.96. The van der Waals surface area contributed by atoms with Crippen molar-refractivity contribution < 1.29 is 9.45 Å². The van der Waals surface area contributed by atoms with Gasteiger partial charge in [-0.2, -0.15) is 4.98 Å². The molecule has 0 bridgehead atoms. The number of fused-ring (bicyclic) bond motifs is 1. The quantitative estimate of drug-likeness (QED) is 0.378. The number of aromatic nitrogens is 3. The Bertz CT molecular complexity index is 1140. The lowest BCUT2D eigenvalue weighted by Crippen LogP contribution is -2.06. The summed E-state index contributed by atoms with van der Waals surface area (Å²) in [6.45, 7) is 0.506. The summed E-state index contributed by atoms with van der Waals surface area (Å²) in [4.78, 5) is 19.4. The van der Waals surface area contributed by atoms with E-state index in [9.17, 15) is 10.1 Å². The van der Waals surface area contributed by atoms with Crippen LogP contribution in [-0.2, 0) is 6.42 Å². The van der Waals surface area contributed by atoms with Crippen molar-refractivity contribution in [1.82, 2.24) is 15.1 Å². The zero-order chi connectivity index (χ0) is 19.5. The van der Waals surface area contributed by atoms with E-state index >= 15 is 0 Å². The molecule has 28 heavy (non-hydrogen) atoms. The lowest BCUT2D eigenvalue weighted by Gasteiger charge is -2.08. The molecular formula is C19H14ClN5O3. The van der Waals surface area contributed by atoms with E-state index in [1.807, 2.05) is 12.1 Å². The average Bonchev–Trinajstić information content (AvgIpc) is 3.17. The Kier molecular flexibility index (Phi) is 4.86. The lowest BCUT2D eigenvalue weighted by atomic mass is 10.1. The van der Waals surface area contributed by atoms with Crippen LogP contribution in [0.2, 0.25) is 5.02 Å². The molecule has 0 saturated heterocycles. The van der Waals surface area contributed by atoms with Gasteiger partial charge in [-0.3, -0.25) is 15.1 Å². The molecule has 0 radical (unpaired) electrons. The van der Waals surface area contributed by atoms with Gasteiger partial charge < -0.3 is 9.84 Å². The third kappa shape index (κ3) is 3.63. The number of halogens is 1. The molecule has 0 aliphatic carbocycles. The van der Waals surface area contributed by atoms with E-state index in [0.717, 1.165) is 5.56 Å². The SMILES string of the molecule is O=[N+]([O-])c1ccc(NCCc2nc(-c3ccc(Cl)cc3)no2)c2ncccc12. The van der Waals surface area contributed by atoms with Crippen LogP contribution < -0.4 is 5.32 Å². The van der Waals surface area contributed by atoms with Gasteiger partial charge in [0.25, 0.3) is 5.69 Å². The number of hydrogen-bond acceptors (Lipinski definition) is 7. The molecule has 0 atom stereocenters. The molecular weight excluding hydrogens is 382 g/mol. The predicted molar refractivity (Wildman–Crippen MR) is 105 cm³/mol. The van der Waals surface area contributed by atoms with Gasteiger partial charge in [0.2, 0.25) is 11.7 Å². The van der Waals surface area contributed by atoms with E-state index in [2.05, 4.69) is 20.4 Å². The van der Waals surface area contributed by atoms with Crippen LogP contribution in [0.5, 0.6) is 0 Å². The highest BCUT2D eigenvalue weighted by Crippen LogP contribution is 2.29. The summed E-state index contributed by atoms with van der Waals surface area (Å²) < 4.78 is 5.29. The van der Waals surface area contributed by atoms with Crippen LogP contribution >= 0.6 is 11.6 Å². The first-order valence-corrected chi connectivity index (χ1v) is 8.84. The number of benzene rings is 2. The highest BCUT2D eigenvalue weighted by atomic mass is 35.5. The van der Waals surface area contributed by atoms with Gasteiger partial charge in [-0.05, 0) is 42.5 Å². The van der Waals surface area contributed by atoms with Gasteiger partial charge in [0.15, 0.2) is 0 Å². The highest BCUT2D eigenvalue weighted by molar-refractivity contribution is 6.30.